The van der Waals surface area contributed by atoms with Crippen molar-refractivity contribution >= 4 is 41.1 Å². The predicted octanol–water partition coefficient (Wildman–Crippen LogP) is 4.02. The maximum atomic E-state index is 10.5. The van der Waals surface area contributed by atoms with Gasteiger partial charge in [-0.1, -0.05) is 41.7 Å². The molecule has 1 rings (SSSR count). The molecule has 0 unspecified atom stereocenters. The van der Waals surface area contributed by atoms with Gasteiger partial charge in [0.15, 0.2) is 6.29 Å². The zero-order valence-corrected chi connectivity index (χ0v) is 9.17. The minimum Gasteiger partial charge on any atom is -0.298 e. The van der Waals surface area contributed by atoms with Gasteiger partial charge in [-0.15, -0.1) is 0 Å². The van der Waals surface area contributed by atoms with Gasteiger partial charge in [0, 0.05) is 10.6 Å². The number of rotatable bonds is 2. The summed E-state index contributed by atoms with van der Waals surface area (Å²) in [6, 6.07) is 1.53. The zero-order valence-electron chi connectivity index (χ0n) is 6.90. The summed E-state index contributed by atoms with van der Waals surface area (Å²) in [6.45, 7) is 1.92. The molecule has 0 spiro atoms. The molecule has 0 amide bonds. The molecule has 0 heterocycles. The van der Waals surface area contributed by atoms with E-state index in [1.807, 2.05) is 6.92 Å². The Balaban J connectivity index is 3.45. The van der Waals surface area contributed by atoms with Gasteiger partial charge in [0.25, 0.3) is 0 Å². The van der Waals surface area contributed by atoms with Gasteiger partial charge in [0.2, 0.25) is 0 Å². The van der Waals surface area contributed by atoms with E-state index in [2.05, 4.69) is 0 Å². The first kappa shape index (κ1) is 10.8. The quantitative estimate of drug-likeness (QED) is 0.561. The average Bonchev–Trinajstić information content (AvgIpc) is 2.12. The van der Waals surface area contributed by atoms with Gasteiger partial charge < -0.3 is 0 Å². The average molecular weight is 238 g/mol. The van der Waals surface area contributed by atoms with Crippen LogP contribution in [0, 0.1) is 0 Å². The molecular formula is C9H7Cl3O. The molecule has 70 valence electrons. The Morgan fingerprint density at radius 3 is 2.38 bits per heavy atom. The zero-order chi connectivity index (χ0) is 10.0. The molecule has 1 aromatic carbocycles. The van der Waals surface area contributed by atoms with Gasteiger partial charge >= 0.3 is 0 Å². The summed E-state index contributed by atoms with van der Waals surface area (Å²) < 4.78 is 0. The summed E-state index contributed by atoms with van der Waals surface area (Å²) in [7, 11) is 0. The lowest BCUT2D eigenvalue weighted by molar-refractivity contribution is 0.112. The van der Waals surface area contributed by atoms with Crippen LogP contribution in [0.4, 0.5) is 0 Å². The van der Waals surface area contributed by atoms with Crippen LogP contribution >= 0.6 is 34.8 Å². The number of carbonyl (C=O) groups is 1. The third-order valence-electron chi connectivity index (χ3n) is 1.76. The van der Waals surface area contributed by atoms with Crippen LogP contribution in [0.3, 0.4) is 0 Å². The van der Waals surface area contributed by atoms with Crippen molar-refractivity contribution in [1.82, 2.24) is 0 Å². The second-order valence-corrected chi connectivity index (χ2v) is 3.69. The molecule has 0 N–H and O–H groups in total. The van der Waals surface area contributed by atoms with Gasteiger partial charge in [-0.25, -0.2) is 0 Å². The molecular weight excluding hydrogens is 230 g/mol. The largest absolute Gasteiger partial charge is 0.298 e. The number of aldehydes is 1. The van der Waals surface area contributed by atoms with E-state index in [0.29, 0.717) is 28.3 Å². The number of hydrogen-bond acceptors (Lipinski definition) is 1. The Bertz CT molecular complexity index is 347. The van der Waals surface area contributed by atoms with Crippen LogP contribution < -0.4 is 0 Å². The van der Waals surface area contributed by atoms with E-state index in [9.17, 15) is 4.79 Å². The van der Waals surface area contributed by atoms with E-state index in [-0.39, 0.29) is 5.02 Å². The van der Waals surface area contributed by atoms with E-state index in [0.717, 1.165) is 5.56 Å². The summed E-state index contributed by atoms with van der Waals surface area (Å²) in [5.41, 5.74) is 1.10. The van der Waals surface area contributed by atoms with Crippen LogP contribution in [-0.2, 0) is 6.42 Å². The van der Waals surface area contributed by atoms with Gasteiger partial charge in [-0.3, -0.25) is 4.79 Å². The van der Waals surface area contributed by atoms with E-state index in [1.54, 1.807) is 0 Å². The van der Waals surface area contributed by atoms with E-state index < -0.39 is 0 Å². The van der Waals surface area contributed by atoms with Crippen LogP contribution in [0.2, 0.25) is 15.1 Å². The normalized spacial score (nSPS) is 10.2. The van der Waals surface area contributed by atoms with E-state index >= 15 is 0 Å². The molecule has 0 radical (unpaired) electrons. The van der Waals surface area contributed by atoms with Crippen LogP contribution in [0.1, 0.15) is 22.8 Å². The molecule has 0 aliphatic heterocycles. The Labute approximate surface area is 91.6 Å². The highest BCUT2D eigenvalue weighted by Crippen LogP contribution is 2.34. The molecule has 13 heavy (non-hydrogen) atoms. The van der Waals surface area contributed by atoms with Gasteiger partial charge in [-0.05, 0) is 18.1 Å². The molecule has 0 aliphatic carbocycles. The van der Waals surface area contributed by atoms with Gasteiger partial charge in [0.05, 0.1) is 10.0 Å². The number of halogens is 3. The maximum absolute atomic E-state index is 10.5. The second-order valence-electron chi connectivity index (χ2n) is 2.53. The smallest absolute Gasteiger partial charge is 0.151 e. The standard InChI is InChI=1S/C9H7Cl3O/c1-2-6-7(10)3-5(4-13)8(11)9(6)12/h3-4H,2H2,1H3. The van der Waals surface area contributed by atoms with Crippen LogP contribution in [0.15, 0.2) is 6.07 Å². The van der Waals surface area contributed by atoms with Crippen molar-refractivity contribution in [3.05, 3.63) is 32.3 Å². The SMILES string of the molecule is CCc1c(Cl)cc(C=O)c(Cl)c1Cl. The lowest BCUT2D eigenvalue weighted by Crippen LogP contribution is -1.91. The molecule has 0 saturated heterocycles. The minimum atomic E-state index is 0.276. The van der Waals surface area contributed by atoms with Crippen molar-refractivity contribution in [2.24, 2.45) is 0 Å². The van der Waals surface area contributed by atoms with Gasteiger partial charge in [-0.2, -0.15) is 0 Å². The Hall–Kier alpha value is -0.240. The highest BCUT2D eigenvalue weighted by molar-refractivity contribution is 6.45. The van der Waals surface area contributed by atoms with Crippen molar-refractivity contribution in [2.45, 2.75) is 13.3 Å². The second kappa shape index (κ2) is 4.32. The summed E-state index contributed by atoms with van der Waals surface area (Å²) in [5, 5.41) is 1.13. The van der Waals surface area contributed by atoms with Crippen molar-refractivity contribution in [3.63, 3.8) is 0 Å². The predicted molar refractivity (Wildman–Crippen MR) is 56.2 cm³/mol. The molecule has 4 heteroatoms. The molecule has 0 bridgehead atoms. The lowest BCUT2D eigenvalue weighted by atomic mass is 10.1. The van der Waals surface area contributed by atoms with Crippen LogP contribution in [-0.4, -0.2) is 6.29 Å². The lowest BCUT2D eigenvalue weighted by Gasteiger charge is -2.07. The first-order chi connectivity index (χ1) is 6.11. The van der Waals surface area contributed by atoms with Crippen molar-refractivity contribution in [3.8, 4) is 0 Å². The number of carbonyl (C=O) groups excluding carboxylic acids is 1. The Kier molecular flexibility index (Phi) is 3.60. The van der Waals surface area contributed by atoms with Crippen molar-refractivity contribution < 1.29 is 4.79 Å². The fourth-order valence-electron chi connectivity index (χ4n) is 1.06. The fourth-order valence-corrected chi connectivity index (χ4v) is 2.01. The van der Waals surface area contributed by atoms with E-state index in [4.69, 9.17) is 34.8 Å². The summed E-state index contributed by atoms with van der Waals surface area (Å²) in [5.74, 6) is 0. The monoisotopic (exact) mass is 236 g/mol. The Morgan fingerprint density at radius 2 is 1.92 bits per heavy atom. The molecule has 1 aromatic rings. The van der Waals surface area contributed by atoms with Crippen LogP contribution in [0.5, 0.6) is 0 Å². The molecule has 0 saturated carbocycles. The van der Waals surface area contributed by atoms with Gasteiger partial charge in [0.1, 0.15) is 0 Å². The molecule has 0 aliphatic rings. The van der Waals surface area contributed by atoms with Crippen molar-refractivity contribution in [1.29, 1.82) is 0 Å². The summed E-state index contributed by atoms with van der Waals surface area (Å²) in [6.07, 6.45) is 1.33. The molecule has 0 atom stereocenters. The maximum Gasteiger partial charge on any atom is 0.151 e. The first-order valence-electron chi connectivity index (χ1n) is 3.73. The summed E-state index contributed by atoms with van der Waals surface area (Å²) >= 11 is 17.6. The first-order valence-corrected chi connectivity index (χ1v) is 4.86. The topological polar surface area (TPSA) is 17.1 Å². The van der Waals surface area contributed by atoms with E-state index in [1.165, 1.54) is 6.07 Å². The third kappa shape index (κ3) is 1.98. The molecule has 0 fully saturated rings. The third-order valence-corrected chi connectivity index (χ3v) is 3.02. The highest BCUT2D eigenvalue weighted by atomic mass is 35.5. The van der Waals surface area contributed by atoms with Crippen molar-refractivity contribution in [2.75, 3.05) is 0 Å². The molecule has 1 nitrogen and oxygen atoms in total. The number of benzene rings is 1. The summed E-state index contributed by atoms with van der Waals surface area (Å²) in [4.78, 5) is 10.5. The minimum absolute atomic E-state index is 0.276. The Morgan fingerprint density at radius 1 is 1.31 bits per heavy atom. The van der Waals surface area contributed by atoms with Crippen LogP contribution in [0.25, 0.3) is 0 Å². The fraction of sp³-hybridized carbons (Fsp3) is 0.222. The highest BCUT2D eigenvalue weighted by Gasteiger charge is 2.12. The molecule has 0 aromatic heterocycles. The number of hydrogen-bond donors (Lipinski definition) is 0.